The van der Waals surface area contributed by atoms with Gasteiger partial charge >= 0.3 is 0 Å². The highest BCUT2D eigenvalue weighted by molar-refractivity contribution is 5.78. The zero-order valence-corrected chi connectivity index (χ0v) is 16.8. The highest BCUT2D eigenvalue weighted by atomic mass is 19.1. The van der Waals surface area contributed by atoms with Crippen LogP contribution in [0.3, 0.4) is 0 Å². The Balaban J connectivity index is 1.35. The number of ether oxygens (including phenoxy) is 1. The quantitative estimate of drug-likeness (QED) is 0.622. The first kappa shape index (κ1) is 19.9. The van der Waals surface area contributed by atoms with E-state index in [1.807, 2.05) is 31.2 Å². The van der Waals surface area contributed by atoms with Crippen LogP contribution >= 0.6 is 0 Å². The average molecular weight is 410 g/mol. The molecule has 0 atom stereocenters. The van der Waals surface area contributed by atoms with Crippen molar-refractivity contribution in [3.8, 4) is 17.2 Å². The fraction of sp³-hybridized carbons (Fsp3) is 0.318. The minimum atomic E-state index is -0.382. The number of aromatic nitrogens is 2. The molecule has 0 unspecified atom stereocenters. The van der Waals surface area contributed by atoms with Gasteiger partial charge in [0.1, 0.15) is 11.6 Å². The van der Waals surface area contributed by atoms with E-state index in [-0.39, 0.29) is 24.0 Å². The molecule has 1 amide bonds. The third-order valence-corrected chi connectivity index (χ3v) is 4.99. The lowest BCUT2D eigenvalue weighted by Crippen LogP contribution is -2.49. The minimum absolute atomic E-state index is 0.0499. The molecule has 0 radical (unpaired) electrons. The summed E-state index contributed by atoms with van der Waals surface area (Å²) in [4.78, 5) is 20.9. The van der Waals surface area contributed by atoms with E-state index in [4.69, 9.17) is 9.26 Å². The Labute approximate surface area is 174 Å². The Bertz CT molecular complexity index is 1010. The second kappa shape index (κ2) is 8.94. The molecule has 0 saturated carbocycles. The third-order valence-electron chi connectivity index (χ3n) is 4.99. The Morgan fingerprint density at radius 3 is 2.70 bits per heavy atom. The zero-order chi connectivity index (χ0) is 20.9. The van der Waals surface area contributed by atoms with Crippen molar-refractivity contribution in [2.24, 2.45) is 0 Å². The maximum atomic E-state index is 13.4. The number of carbonyl (C=O) groups excluding carboxylic acids is 1. The van der Waals surface area contributed by atoms with Gasteiger partial charge in [-0.25, -0.2) is 4.39 Å². The maximum absolute atomic E-state index is 13.4. The lowest BCUT2D eigenvalue weighted by Gasteiger charge is -2.36. The Kier molecular flexibility index (Phi) is 5.92. The van der Waals surface area contributed by atoms with Gasteiger partial charge in [0.25, 0.3) is 5.89 Å². The molecule has 1 aliphatic heterocycles. The van der Waals surface area contributed by atoms with Gasteiger partial charge in [-0.1, -0.05) is 23.4 Å². The molecular weight excluding hydrogens is 387 g/mol. The summed E-state index contributed by atoms with van der Waals surface area (Å²) in [6.07, 6.45) is 0.0499. The van der Waals surface area contributed by atoms with Crippen LogP contribution in [-0.4, -0.2) is 53.7 Å². The summed E-state index contributed by atoms with van der Waals surface area (Å²) in [7, 11) is 0. The molecule has 0 N–H and O–H groups in total. The van der Waals surface area contributed by atoms with E-state index in [2.05, 4.69) is 15.0 Å². The summed E-state index contributed by atoms with van der Waals surface area (Å²) in [6.45, 7) is 5.22. The number of rotatable bonds is 6. The average Bonchev–Trinajstić information content (AvgIpc) is 3.23. The van der Waals surface area contributed by atoms with Crippen LogP contribution in [0.1, 0.15) is 12.7 Å². The molecule has 3 aromatic rings. The molecule has 4 rings (SSSR count). The molecule has 0 bridgehead atoms. The fourth-order valence-electron chi connectivity index (χ4n) is 3.50. The van der Waals surface area contributed by atoms with Crippen LogP contribution in [0.4, 0.5) is 10.1 Å². The van der Waals surface area contributed by atoms with Gasteiger partial charge in [-0.2, -0.15) is 4.98 Å². The Morgan fingerprint density at radius 1 is 1.13 bits per heavy atom. The summed E-state index contributed by atoms with van der Waals surface area (Å²) in [6, 6.07) is 13.9. The molecule has 1 saturated heterocycles. The number of carbonyl (C=O) groups is 1. The van der Waals surface area contributed by atoms with Crippen LogP contribution in [0, 0.1) is 5.82 Å². The third kappa shape index (κ3) is 4.42. The largest absolute Gasteiger partial charge is 0.492 e. The first-order chi connectivity index (χ1) is 14.6. The van der Waals surface area contributed by atoms with Crippen LogP contribution in [0.5, 0.6) is 5.75 Å². The lowest BCUT2D eigenvalue weighted by molar-refractivity contribution is -0.130. The molecule has 7 nitrogen and oxygen atoms in total. The minimum Gasteiger partial charge on any atom is -0.492 e. The SMILES string of the molecule is CCOc1ccccc1N1CCN(C(=O)Cc2noc(-c3cccc(F)c3)n2)CC1. The summed E-state index contributed by atoms with van der Waals surface area (Å²) < 4.78 is 24.3. The summed E-state index contributed by atoms with van der Waals surface area (Å²) in [5, 5.41) is 3.87. The molecular formula is C22H23FN4O3. The van der Waals surface area contributed by atoms with Gasteiger partial charge in [0, 0.05) is 31.7 Å². The van der Waals surface area contributed by atoms with Gasteiger partial charge in [0.15, 0.2) is 5.82 Å². The van der Waals surface area contributed by atoms with Crippen molar-refractivity contribution < 1.29 is 18.4 Å². The molecule has 2 heterocycles. The van der Waals surface area contributed by atoms with Crippen molar-refractivity contribution in [1.82, 2.24) is 15.0 Å². The second-order valence-corrected chi connectivity index (χ2v) is 6.97. The van der Waals surface area contributed by atoms with Crippen LogP contribution in [0.25, 0.3) is 11.5 Å². The van der Waals surface area contributed by atoms with Crippen molar-refractivity contribution in [2.45, 2.75) is 13.3 Å². The first-order valence-electron chi connectivity index (χ1n) is 9.97. The summed E-state index contributed by atoms with van der Waals surface area (Å²) >= 11 is 0. The fourth-order valence-corrected chi connectivity index (χ4v) is 3.50. The number of amides is 1. The molecule has 156 valence electrons. The Morgan fingerprint density at radius 2 is 1.93 bits per heavy atom. The van der Waals surface area contributed by atoms with Gasteiger partial charge in [0.05, 0.1) is 18.7 Å². The molecule has 0 aliphatic carbocycles. The van der Waals surface area contributed by atoms with E-state index >= 15 is 0 Å². The van der Waals surface area contributed by atoms with Crippen LogP contribution < -0.4 is 9.64 Å². The van der Waals surface area contributed by atoms with Crippen LogP contribution in [0.2, 0.25) is 0 Å². The number of nitrogens with zero attached hydrogens (tertiary/aromatic N) is 4. The van der Waals surface area contributed by atoms with Gasteiger partial charge in [-0.15, -0.1) is 0 Å². The number of piperazine rings is 1. The number of hydrogen-bond acceptors (Lipinski definition) is 6. The van der Waals surface area contributed by atoms with Gasteiger partial charge in [-0.3, -0.25) is 4.79 Å². The standard InChI is InChI=1S/C22H23FN4O3/c1-2-29-19-9-4-3-8-18(19)26-10-12-27(13-11-26)21(28)15-20-24-22(30-25-20)16-6-5-7-17(23)14-16/h3-9,14H,2,10-13,15H2,1H3. The number of hydrogen-bond donors (Lipinski definition) is 0. The number of halogens is 1. The van der Waals surface area contributed by atoms with Crippen molar-refractivity contribution in [2.75, 3.05) is 37.7 Å². The van der Waals surface area contributed by atoms with Gasteiger partial charge in [0.2, 0.25) is 5.91 Å². The zero-order valence-electron chi connectivity index (χ0n) is 16.8. The van der Waals surface area contributed by atoms with Crippen LogP contribution in [0.15, 0.2) is 53.1 Å². The number of benzene rings is 2. The highest BCUT2D eigenvalue weighted by Crippen LogP contribution is 2.29. The number of anilines is 1. The second-order valence-electron chi connectivity index (χ2n) is 6.97. The smallest absolute Gasteiger partial charge is 0.258 e. The van der Waals surface area contributed by atoms with E-state index in [1.54, 1.807) is 17.0 Å². The number of para-hydroxylation sites is 2. The maximum Gasteiger partial charge on any atom is 0.258 e. The predicted octanol–water partition coefficient (Wildman–Crippen LogP) is 3.17. The Hall–Kier alpha value is -3.42. The van der Waals surface area contributed by atoms with E-state index in [1.165, 1.54) is 12.1 Å². The van der Waals surface area contributed by atoms with Crippen molar-refractivity contribution in [3.63, 3.8) is 0 Å². The van der Waals surface area contributed by atoms with Crippen molar-refractivity contribution in [3.05, 3.63) is 60.2 Å². The topological polar surface area (TPSA) is 71.7 Å². The highest BCUT2D eigenvalue weighted by Gasteiger charge is 2.24. The summed E-state index contributed by atoms with van der Waals surface area (Å²) in [5.41, 5.74) is 1.53. The molecule has 1 fully saturated rings. The molecule has 30 heavy (non-hydrogen) atoms. The first-order valence-corrected chi connectivity index (χ1v) is 9.97. The summed E-state index contributed by atoms with van der Waals surface area (Å²) in [5.74, 6) is 0.918. The molecule has 2 aromatic carbocycles. The molecule has 0 spiro atoms. The lowest BCUT2D eigenvalue weighted by atomic mass is 10.2. The monoisotopic (exact) mass is 410 g/mol. The predicted molar refractivity (Wildman–Crippen MR) is 110 cm³/mol. The molecule has 8 heteroatoms. The van der Waals surface area contributed by atoms with E-state index in [9.17, 15) is 9.18 Å². The normalized spacial score (nSPS) is 14.1. The molecule has 1 aromatic heterocycles. The van der Waals surface area contributed by atoms with Gasteiger partial charge < -0.3 is 19.1 Å². The van der Waals surface area contributed by atoms with E-state index in [0.29, 0.717) is 31.1 Å². The van der Waals surface area contributed by atoms with E-state index in [0.717, 1.165) is 24.5 Å². The van der Waals surface area contributed by atoms with Crippen molar-refractivity contribution in [1.29, 1.82) is 0 Å². The molecule has 1 aliphatic rings. The van der Waals surface area contributed by atoms with Crippen LogP contribution in [-0.2, 0) is 11.2 Å². The van der Waals surface area contributed by atoms with E-state index < -0.39 is 0 Å². The van der Waals surface area contributed by atoms with Gasteiger partial charge in [-0.05, 0) is 37.3 Å². The van der Waals surface area contributed by atoms with Crippen molar-refractivity contribution >= 4 is 11.6 Å².